The Labute approximate surface area is 150 Å². The van der Waals surface area contributed by atoms with Gasteiger partial charge in [-0.2, -0.15) is 0 Å². The summed E-state index contributed by atoms with van der Waals surface area (Å²) in [7, 11) is 0. The van der Waals surface area contributed by atoms with Crippen LogP contribution >= 0.6 is 11.6 Å². The molecule has 1 amide bonds. The Balaban J connectivity index is 1.34. The molecule has 1 N–H and O–H groups in total. The molecule has 2 atom stereocenters. The summed E-state index contributed by atoms with van der Waals surface area (Å²) in [6, 6.07) is 19.3. The van der Waals surface area contributed by atoms with E-state index in [0.717, 1.165) is 12.0 Å². The summed E-state index contributed by atoms with van der Waals surface area (Å²) in [6.07, 6.45) is 1.11. The number of rotatable bonds is 5. The summed E-state index contributed by atoms with van der Waals surface area (Å²) >= 11 is 5.88. The van der Waals surface area contributed by atoms with Crippen LogP contribution in [-0.2, 0) is 0 Å². The Morgan fingerprint density at radius 1 is 1.16 bits per heavy atom. The molecule has 1 heterocycles. The smallest absolute Gasteiger partial charge is 0.273 e. The van der Waals surface area contributed by atoms with Gasteiger partial charge in [0.15, 0.2) is 11.5 Å². The van der Waals surface area contributed by atoms with Crippen LogP contribution in [0, 0.1) is 5.92 Å². The SMILES string of the molecule is O=C(NCC1CC1c1ccccc1)c1cc(-c2ccc(Cl)cc2)on1. The van der Waals surface area contributed by atoms with Gasteiger partial charge < -0.3 is 9.84 Å². The predicted molar refractivity (Wildman–Crippen MR) is 96.6 cm³/mol. The summed E-state index contributed by atoms with van der Waals surface area (Å²) in [4.78, 5) is 12.3. The van der Waals surface area contributed by atoms with Crippen molar-refractivity contribution in [3.8, 4) is 11.3 Å². The van der Waals surface area contributed by atoms with Crippen LogP contribution in [0.2, 0.25) is 5.02 Å². The lowest BCUT2D eigenvalue weighted by Gasteiger charge is -2.02. The van der Waals surface area contributed by atoms with E-state index in [0.29, 0.717) is 34.9 Å². The third kappa shape index (κ3) is 3.59. The Kier molecular flexibility index (Phi) is 4.28. The van der Waals surface area contributed by atoms with Gasteiger partial charge in [0.05, 0.1) is 0 Å². The van der Waals surface area contributed by atoms with Crippen molar-refractivity contribution in [3.05, 3.63) is 76.9 Å². The molecule has 25 heavy (non-hydrogen) atoms. The molecule has 0 saturated heterocycles. The van der Waals surface area contributed by atoms with Crippen molar-refractivity contribution >= 4 is 17.5 Å². The minimum Gasteiger partial charge on any atom is -0.355 e. The van der Waals surface area contributed by atoms with Crippen LogP contribution in [-0.4, -0.2) is 17.6 Å². The number of halogens is 1. The Hall–Kier alpha value is -2.59. The second-order valence-corrected chi connectivity index (χ2v) is 6.74. The largest absolute Gasteiger partial charge is 0.355 e. The first kappa shape index (κ1) is 15.9. The van der Waals surface area contributed by atoms with Crippen LogP contribution in [0.25, 0.3) is 11.3 Å². The van der Waals surface area contributed by atoms with Crippen LogP contribution in [0.1, 0.15) is 28.4 Å². The first-order valence-electron chi connectivity index (χ1n) is 8.26. The molecule has 1 aliphatic carbocycles. The fourth-order valence-electron chi connectivity index (χ4n) is 3.03. The lowest BCUT2D eigenvalue weighted by molar-refractivity contribution is 0.0942. The zero-order chi connectivity index (χ0) is 17.2. The summed E-state index contributed by atoms with van der Waals surface area (Å²) in [5.74, 6) is 1.38. The first-order valence-corrected chi connectivity index (χ1v) is 8.64. The monoisotopic (exact) mass is 352 g/mol. The molecule has 126 valence electrons. The summed E-state index contributed by atoms with van der Waals surface area (Å²) in [6.45, 7) is 0.654. The zero-order valence-electron chi connectivity index (χ0n) is 13.5. The number of benzene rings is 2. The van der Waals surface area contributed by atoms with Crippen molar-refractivity contribution in [2.45, 2.75) is 12.3 Å². The molecule has 5 heteroatoms. The topological polar surface area (TPSA) is 55.1 Å². The van der Waals surface area contributed by atoms with Crippen molar-refractivity contribution in [1.82, 2.24) is 10.5 Å². The molecular weight excluding hydrogens is 336 g/mol. The quantitative estimate of drug-likeness (QED) is 0.734. The summed E-state index contributed by atoms with van der Waals surface area (Å²) in [5.41, 5.74) is 2.47. The van der Waals surface area contributed by atoms with E-state index in [1.807, 2.05) is 18.2 Å². The molecule has 2 aromatic carbocycles. The molecule has 0 aliphatic heterocycles. The van der Waals surface area contributed by atoms with Crippen molar-refractivity contribution in [1.29, 1.82) is 0 Å². The maximum absolute atomic E-state index is 12.3. The average molecular weight is 353 g/mol. The molecule has 1 aromatic heterocycles. The highest BCUT2D eigenvalue weighted by Gasteiger charge is 2.38. The van der Waals surface area contributed by atoms with Gasteiger partial charge in [-0.3, -0.25) is 4.79 Å². The molecule has 0 bridgehead atoms. The van der Waals surface area contributed by atoms with Crippen molar-refractivity contribution in [3.63, 3.8) is 0 Å². The molecule has 0 radical (unpaired) electrons. The summed E-state index contributed by atoms with van der Waals surface area (Å²) < 4.78 is 5.27. The van der Waals surface area contributed by atoms with Gasteiger partial charge in [0.2, 0.25) is 0 Å². The Bertz CT molecular complexity index is 874. The lowest BCUT2D eigenvalue weighted by Crippen LogP contribution is -2.26. The van der Waals surface area contributed by atoms with Gasteiger partial charge in [-0.15, -0.1) is 0 Å². The lowest BCUT2D eigenvalue weighted by atomic mass is 10.1. The fraction of sp³-hybridized carbons (Fsp3) is 0.200. The van der Waals surface area contributed by atoms with E-state index in [-0.39, 0.29) is 5.91 Å². The summed E-state index contributed by atoms with van der Waals surface area (Å²) in [5, 5.41) is 7.47. The van der Waals surface area contributed by atoms with Crippen LogP contribution in [0.3, 0.4) is 0 Å². The predicted octanol–water partition coefficient (Wildman–Crippen LogP) is 4.53. The van der Waals surface area contributed by atoms with E-state index in [4.69, 9.17) is 16.1 Å². The number of hydrogen-bond donors (Lipinski definition) is 1. The maximum atomic E-state index is 12.3. The van der Waals surface area contributed by atoms with E-state index in [2.05, 4.69) is 34.7 Å². The molecular formula is C20H17ClN2O2. The van der Waals surface area contributed by atoms with Gasteiger partial charge in [0.1, 0.15) is 0 Å². The van der Waals surface area contributed by atoms with Gasteiger partial charge in [-0.25, -0.2) is 0 Å². The number of nitrogens with one attached hydrogen (secondary N) is 1. The van der Waals surface area contributed by atoms with Crippen molar-refractivity contribution in [2.24, 2.45) is 5.92 Å². The van der Waals surface area contributed by atoms with E-state index in [1.54, 1.807) is 18.2 Å². The number of aromatic nitrogens is 1. The molecule has 1 saturated carbocycles. The minimum atomic E-state index is -0.206. The highest BCUT2D eigenvalue weighted by molar-refractivity contribution is 6.30. The molecule has 4 nitrogen and oxygen atoms in total. The number of carbonyl (C=O) groups is 1. The van der Waals surface area contributed by atoms with E-state index in [1.165, 1.54) is 5.56 Å². The third-order valence-corrected chi connectivity index (χ3v) is 4.80. The number of nitrogens with zero attached hydrogens (tertiary/aromatic N) is 1. The van der Waals surface area contributed by atoms with E-state index < -0.39 is 0 Å². The standard InChI is InChI=1S/C20H17ClN2O2/c21-16-8-6-14(7-9-16)19-11-18(23-25-19)20(24)22-12-15-10-17(15)13-4-2-1-3-5-13/h1-9,11,15,17H,10,12H2,(H,22,24). The van der Waals surface area contributed by atoms with Crippen LogP contribution in [0.4, 0.5) is 0 Å². The van der Waals surface area contributed by atoms with Crippen LogP contribution < -0.4 is 5.32 Å². The Morgan fingerprint density at radius 3 is 2.68 bits per heavy atom. The molecule has 1 fully saturated rings. The van der Waals surface area contributed by atoms with Crippen LogP contribution in [0.15, 0.2) is 65.2 Å². The molecule has 3 aromatic rings. The second kappa shape index (κ2) is 6.73. The van der Waals surface area contributed by atoms with Crippen molar-refractivity contribution in [2.75, 3.05) is 6.54 Å². The molecule has 1 aliphatic rings. The molecule has 0 spiro atoms. The normalized spacial score (nSPS) is 18.8. The molecule has 4 rings (SSSR count). The Morgan fingerprint density at radius 2 is 1.92 bits per heavy atom. The fourth-order valence-corrected chi connectivity index (χ4v) is 3.15. The highest BCUT2D eigenvalue weighted by atomic mass is 35.5. The maximum Gasteiger partial charge on any atom is 0.273 e. The van der Waals surface area contributed by atoms with Gasteiger partial charge in [-0.1, -0.05) is 47.1 Å². The number of carbonyl (C=O) groups excluding carboxylic acids is 1. The van der Waals surface area contributed by atoms with E-state index >= 15 is 0 Å². The average Bonchev–Trinajstić information content (AvgIpc) is 3.26. The van der Waals surface area contributed by atoms with Crippen molar-refractivity contribution < 1.29 is 9.32 Å². The second-order valence-electron chi connectivity index (χ2n) is 6.31. The zero-order valence-corrected chi connectivity index (χ0v) is 14.2. The molecule has 2 unspecified atom stereocenters. The third-order valence-electron chi connectivity index (χ3n) is 4.55. The number of hydrogen-bond acceptors (Lipinski definition) is 3. The van der Waals surface area contributed by atoms with Gasteiger partial charge in [-0.05, 0) is 48.1 Å². The van der Waals surface area contributed by atoms with E-state index in [9.17, 15) is 4.79 Å². The van der Waals surface area contributed by atoms with Gasteiger partial charge in [0, 0.05) is 23.2 Å². The number of amides is 1. The highest BCUT2D eigenvalue weighted by Crippen LogP contribution is 2.46. The first-order chi connectivity index (χ1) is 12.2. The van der Waals surface area contributed by atoms with Gasteiger partial charge >= 0.3 is 0 Å². The van der Waals surface area contributed by atoms with Gasteiger partial charge in [0.25, 0.3) is 5.91 Å². The van der Waals surface area contributed by atoms with Crippen LogP contribution in [0.5, 0.6) is 0 Å². The minimum absolute atomic E-state index is 0.206.